The second kappa shape index (κ2) is 9.40. The predicted octanol–water partition coefficient (Wildman–Crippen LogP) is 4.77. The number of phenolic OH excluding ortho intramolecular Hbond substituents is 2. The molecule has 1 aromatic heterocycles. The number of rotatable bonds is 6. The minimum absolute atomic E-state index is 0.0476. The van der Waals surface area contributed by atoms with Gasteiger partial charge in [0, 0.05) is 5.56 Å². The number of hydrazine groups is 1. The van der Waals surface area contributed by atoms with Crippen LogP contribution >= 0.6 is 0 Å². The van der Waals surface area contributed by atoms with Gasteiger partial charge in [-0.3, -0.25) is 15.6 Å². The minimum atomic E-state index is -0.296. The van der Waals surface area contributed by atoms with Gasteiger partial charge in [0.2, 0.25) is 0 Å². The highest BCUT2D eigenvalue weighted by Gasteiger charge is 2.19. The first-order chi connectivity index (χ1) is 17.1. The molecule has 5 aromatic rings. The number of nitrogens with one attached hydrogen (secondary N) is 2. The number of anilines is 1. The SMILES string of the molecule is O=C(NNc1ccccc1)c1ccc(-n2nc(-c3ccccc3O)nc2-c2ccccc2O)cc1. The van der Waals surface area contributed by atoms with Crippen molar-refractivity contribution >= 4 is 11.6 Å². The number of hydrogen-bond donors (Lipinski definition) is 4. The van der Waals surface area contributed by atoms with E-state index in [4.69, 9.17) is 0 Å². The largest absolute Gasteiger partial charge is 0.507 e. The van der Waals surface area contributed by atoms with E-state index < -0.39 is 0 Å². The Hall–Kier alpha value is -5.11. The molecule has 0 atom stereocenters. The van der Waals surface area contributed by atoms with Crippen molar-refractivity contribution in [1.82, 2.24) is 20.2 Å². The second-order valence-electron chi connectivity index (χ2n) is 7.70. The van der Waals surface area contributed by atoms with E-state index in [0.717, 1.165) is 5.69 Å². The average molecular weight is 463 g/mol. The summed E-state index contributed by atoms with van der Waals surface area (Å²) >= 11 is 0. The summed E-state index contributed by atoms with van der Waals surface area (Å²) in [5.74, 6) is 0.494. The first-order valence-electron chi connectivity index (χ1n) is 10.9. The lowest BCUT2D eigenvalue weighted by Crippen LogP contribution is -2.29. The fourth-order valence-corrected chi connectivity index (χ4v) is 3.58. The maximum atomic E-state index is 12.6. The van der Waals surface area contributed by atoms with E-state index in [9.17, 15) is 15.0 Å². The highest BCUT2D eigenvalue weighted by atomic mass is 16.3. The summed E-state index contributed by atoms with van der Waals surface area (Å²) in [6.45, 7) is 0. The van der Waals surface area contributed by atoms with Crippen molar-refractivity contribution in [3.05, 3.63) is 109 Å². The summed E-state index contributed by atoms with van der Waals surface area (Å²) in [6, 6.07) is 29.8. The summed E-state index contributed by atoms with van der Waals surface area (Å²) in [7, 11) is 0. The molecule has 35 heavy (non-hydrogen) atoms. The summed E-state index contributed by atoms with van der Waals surface area (Å²) < 4.78 is 1.57. The number of benzene rings is 4. The normalized spacial score (nSPS) is 10.6. The minimum Gasteiger partial charge on any atom is -0.507 e. The van der Waals surface area contributed by atoms with Crippen LogP contribution in [0.1, 0.15) is 10.4 Å². The standard InChI is InChI=1S/C27H21N5O3/c33-23-12-6-4-10-21(23)25-28-26(22-11-5-7-13-24(22)34)32(31-25)20-16-14-18(15-17-20)27(35)30-29-19-8-2-1-3-9-19/h1-17,29,33-34H,(H,30,35). The summed E-state index contributed by atoms with van der Waals surface area (Å²) in [6.07, 6.45) is 0. The van der Waals surface area contributed by atoms with Crippen molar-refractivity contribution in [2.75, 3.05) is 5.43 Å². The van der Waals surface area contributed by atoms with Crippen LogP contribution in [-0.2, 0) is 0 Å². The third-order valence-corrected chi connectivity index (χ3v) is 5.37. The highest BCUT2D eigenvalue weighted by Crippen LogP contribution is 2.33. The Morgan fingerprint density at radius 1 is 0.714 bits per heavy atom. The van der Waals surface area contributed by atoms with Crippen LogP contribution in [0.25, 0.3) is 28.5 Å². The number of phenols is 2. The molecular weight excluding hydrogens is 442 g/mol. The van der Waals surface area contributed by atoms with E-state index >= 15 is 0 Å². The van der Waals surface area contributed by atoms with E-state index in [1.54, 1.807) is 77.5 Å². The molecule has 1 heterocycles. The van der Waals surface area contributed by atoms with Gasteiger partial charge >= 0.3 is 0 Å². The zero-order valence-corrected chi connectivity index (χ0v) is 18.5. The first kappa shape index (κ1) is 21.7. The molecule has 8 heteroatoms. The fourth-order valence-electron chi connectivity index (χ4n) is 3.58. The number of carbonyl (C=O) groups is 1. The quantitative estimate of drug-likeness (QED) is 0.270. The Balaban J connectivity index is 1.48. The lowest BCUT2D eigenvalue weighted by atomic mass is 10.1. The topological polar surface area (TPSA) is 112 Å². The molecule has 0 aliphatic carbocycles. The second-order valence-corrected chi connectivity index (χ2v) is 7.70. The molecule has 0 unspecified atom stereocenters. The van der Waals surface area contributed by atoms with Crippen LogP contribution in [0.3, 0.4) is 0 Å². The van der Waals surface area contributed by atoms with Gasteiger partial charge in [0.05, 0.1) is 22.5 Å². The van der Waals surface area contributed by atoms with Crippen LogP contribution in [0.15, 0.2) is 103 Å². The Bertz CT molecular complexity index is 1480. The van der Waals surface area contributed by atoms with Gasteiger partial charge in [-0.05, 0) is 60.7 Å². The molecule has 1 amide bonds. The molecular formula is C27H21N5O3. The molecule has 0 bridgehead atoms. The molecule has 0 aliphatic rings. The van der Waals surface area contributed by atoms with Crippen LogP contribution in [-0.4, -0.2) is 30.9 Å². The Labute approximate surface area is 201 Å². The van der Waals surface area contributed by atoms with Gasteiger partial charge in [0.1, 0.15) is 11.5 Å². The Kier molecular flexibility index (Phi) is 5.83. The number of aromatic nitrogens is 3. The van der Waals surface area contributed by atoms with Gasteiger partial charge in [0.25, 0.3) is 5.91 Å². The van der Waals surface area contributed by atoms with Crippen molar-refractivity contribution in [3.63, 3.8) is 0 Å². The van der Waals surface area contributed by atoms with Gasteiger partial charge in [-0.25, -0.2) is 9.67 Å². The molecule has 0 saturated carbocycles. The molecule has 4 N–H and O–H groups in total. The maximum absolute atomic E-state index is 12.6. The van der Waals surface area contributed by atoms with Gasteiger partial charge in [0.15, 0.2) is 11.6 Å². The number of hydrogen-bond acceptors (Lipinski definition) is 6. The van der Waals surface area contributed by atoms with Crippen molar-refractivity contribution in [2.45, 2.75) is 0 Å². The number of carbonyl (C=O) groups excluding carboxylic acids is 1. The zero-order valence-electron chi connectivity index (χ0n) is 18.5. The zero-order chi connectivity index (χ0) is 24.2. The number of aromatic hydroxyl groups is 2. The smallest absolute Gasteiger partial charge is 0.269 e. The summed E-state index contributed by atoms with van der Waals surface area (Å²) in [4.78, 5) is 17.2. The number of para-hydroxylation sites is 3. The molecule has 172 valence electrons. The molecule has 0 radical (unpaired) electrons. The van der Waals surface area contributed by atoms with E-state index in [-0.39, 0.29) is 17.4 Å². The van der Waals surface area contributed by atoms with Crippen molar-refractivity contribution in [2.24, 2.45) is 0 Å². The molecule has 4 aromatic carbocycles. The van der Waals surface area contributed by atoms with Crippen molar-refractivity contribution in [3.8, 4) is 40.0 Å². The molecule has 5 rings (SSSR count). The molecule has 0 saturated heterocycles. The third-order valence-electron chi connectivity index (χ3n) is 5.37. The van der Waals surface area contributed by atoms with Crippen LogP contribution in [0.2, 0.25) is 0 Å². The third kappa shape index (κ3) is 4.53. The fraction of sp³-hybridized carbons (Fsp3) is 0. The molecule has 0 spiro atoms. The number of nitrogens with zero attached hydrogens (tertiary/aromatic N) is 3. The van der Waals surface area contributed by atoms with Gasteiger partial charge in [-0.15, -0.1) is 5.10 Å². The van der Waals surface area contributed by atoms with Gasteiger partial charge < -0.3 is 10.2 Å². The maximum Gasteiger partial charge on any atom is 0.269 e. The van der Waals surface area contributed by atoms with Crippen LogP contribution in [0, 0.1) is 0 Å². The van der Waals surface area contributed by atoms with E-state index in [2.05, 4.69) is 20.9 Å². The van der Waals surface area contributed by atoms with E-state index in [1.165, 1.54) is 0 Å². The van der Waals surface area contributed by atoms with Crippen molar-refractivity contribution < 1.29 is 15.0 Å². The van der Waals surface area contributed by atoms with E-state index in [0.29, 0.717) is 34.0 Å². The first-order valence-corrected chi connectivity index (χ1v) is 10.9. The average Bonchev–Trinajstić information content (AvgIpc) is 3.33. The molecule has 0 fully saturated rings. The molecule has 8 nitrogen and oxygen atoms in total. The van der Waals surface area contributed by atoms with Gasteiger partial charge in [-0.2, -0.15) is 0 Å². The van der Waals surface area contributed by atoms with Gasteiger partial charge in [-0.1, -0.05) is 42.5 Å². The Morgan fingerprint density at radius 3 is 1.97 bits per heavy atom. The molecule has 0 aliphatic heterocycles. The lowest BCUT2D eigenvalue weighted by Gasteiger charge is -2.10. The van der Waals surface area contributed by atoms with Crippen molar-refractivity contribution in [1.29, 1.82) is 0 Å². The lowest BCUT2D eigenvalue weighted by molar-refractivity contribution is 0.0962. The predicted molar refractivity (Wildman–Crippen MR) is 133 cm³/mol. The Morgan fingerprint density at radius 2 is 1.31 bits per heavy atom. The van der Waals surface area contributed by atoms with E-state index in [1.807, 2.05) is 30.3 Å². The number of amides is 1. The van der Waals surface area contributed by atoms with Crippen LogP contribution < -0.4 is 10.9 Å². The van der Waals surface area contributed by atoms with Crippen LogP contribution in [0.4, 0.5) is 5.69 Å². The summed E-state index contributed by atoms with van der Waals surface area (Å²) in [5.41, 5.74) is 8.33. The monoisotopic (exact) mass is 463 g/mol. The highest BCUT2D eigenvalue weighted by molar-refractivity contribution is 5.95. The summed E-state index contributed by atoms with van der Waals surface area (Å²) in [5, 5.41) is 25.4. The van der Waals surface area contributed by atoms with Crippen LogP contribution in [0.5, 0.6) is 11.5 Å².